The molecule has 0 aromatic rings. The molecule has 0 aliphatic carbocycles. The first-order valence-corrected chi connectivity index (χ1v) is 50.1. The fourth-order valence-corrected chi connectivity index (χ4v) is 26.0. The van der Waals surface area contributed by atoms with Crippen LogP contribution in [0.25, 0.3) is 0 Å². The summed E-state index contributed by atoms with van der Waals surface area (Å²) in [5, 5.41) is 0. The van der Waals surface area contributed by atoms with Crippen molar-refractivity contribution in [3.8, 4) is 0 Å². The van der Waals surface area contributed by atoms with Gasteiger partial charge in [-0.1, -0.05) is 0 Å². The predicted molar refractivity (Wildman–Crippen MR) is 429 cm³/mol. The van der Waals surface area contributed by atoms with Crippen molar-refractivity contribution in [1.82, 2.24) is 0 Å². The molecule has 0 amide bonds. The number of fused-ring (bicyclic) bond motifs is 2. The van der Waals surface area contributed by atoms with E-state index in [4.69, 9.17) is 163 Å². The minimum atomic E-state index is -3.69. The average Bonchev–Trinajstić information content (AvgIpc) is 1.61. The molecule has 1 spiro atoms. The van der Waals surface area contributed by atoms with Crippen LogP contribution in [0, 0.1) is 5.92 Å². The van der Waals surface area contributed by atoms with Gasteiger partial charge >= 0.3 is 39.1 Å². The first-order chi connectivity index (χ1) is 58.1. The van der Waals surface area contributed by atoms with Gasteiger partial charge in [-0.25, -0.2) is 22.8 Å². The molecule has 0 bridgehead atoms. The van der Waals surface area contributed by atoms with E-state index in [1.165, 1.54) is 0 Å². The molecule has 15 saturated heterocycles. The van der Waals surface area contributed by atoms with Crippen LogP contribution in [-0.2, 0) is 185 Å². The average molecular weight is 1860 g/mol. The van der Waals surface area contributed by atoms with Crippen molar-refractivity contribution in [3.63, 3.8) is 0 Å². The Labute approximate surface area is 718 Å². The Balaban J connectivity index is 0.000000149. The van der Waals surface area contributed by atoms with Crippen LogP contribution in [0.15, 0.2) is 0 Å². The van der Waals surface area contributed by atoms with Gasteiger partial charge in [0.25, 0.3) is 0 Å². The lowest BCUT2D eigenvalue weighted by Crippen LogP contribution is -2.51. The number of phosphoric acid groups is 5. The quantitative estimate of drug-likeness (QED) is 0.0628. The molecule has 0 aromatic heterocycles. The zero-order valence-electron chi connectivity index (χ0n) is 74.4. The van der Waals surface area contributed by atoms with Crippen LogP contribution in [0.4, 0.5) is 0 Å². The lowest BCUT2D eigenvalue weighted by molar-refractivity contribution is -0.160. The van der Waals surface area contributed by atoms with Crippen molar-refractivity contribution < 1.29 is 185 Å². The molecule has 15 aliphatic heterocycles. The molecule has 712 valence electrons. The lowest BCUT2D eigenvalue weighted by Gasteiger charge is -2.39. The maximum atomic E-state index is 13.0. The minimum Gasteiger partial charge on any atom is -0.382 e. The second-order valence-corrected chi connectivity index (χ2v) is 42.1. The van der Waals surface area contributed by atoms with Gasteiger partial charge in [-0.15, -0.1) is 0 Å². The number of phosphoric ester groups is 5. The molecule has 0 N–H and O–H groups in total. The molecule has 45 heteroatoms. The van der Waals surface area contributed by atoms with Gasteiger partial charge in [0.05, 0.1) is 177 Å². The maximum Gasteiger partial charge on any atom is 0.475 e. The largest absolute Gasteiger partial charge is 0.475 e. The van der Waals surface area contributed by atoms with Gasteiger partial charge in [0.2, 0.25) is 0 Å². The number of hydrogen-bond donors (Lipinski definition) is 0. The van der Waals surface area contributed by atoms with Crippen molar-refractivity contribution in [2.45, 2.75) is 334 Å². The van der Waals surface area contributed by atoms with Gasteiger partial charge in [-0.3, -0.25) is 67.9 Å². The lowest BCUT2D eigenvalue weighted by atomic mass is 9.98. The predicted octanol–water partition coefficient (Wildman–Crippen LogP) is 10.2. The first kappa shape index (κ1) is 102. The highest BCUT2D eigenvalue weighted by atomic mass is 31.2. The first-order valence-electron chi connectivity index (χ1n) is 42.8. The molecule has 15 aliphatic rings. The van der Waals surface area contributed by atoms with Gasteiger partial charge < -0.3 is 94.7 Å². The zero-order valence-corrected chi connectivity index (χ0v) is 78.9. The van der Waals surface area contributed by atoms with Crippen molar-refractivity contribution >= 4 is 39.1 Å². The Kier molecular flexibility index (Phi) is 38.7. The fourth-order valence-electron chi connectivity index (χ4n) is 18.3. The highest BCUT2D eigenvalue weighted by molar-refractivity contribution is 7.49. The second-order valence-electron chi connectivity index (χ2n) is 34.0. The standard InChI is InChI=1S/2C16H29O8P.3C15H27O8P/c2*1-10-7-13(15(21-10)9-18-3)24-25(17)20-6-5-12(23-25)16-14(19-4)8-11(2)22-16;1-10-5-12(18-4)13(21-10)7-19-24(16)20-9-15(8-17-3)14(23-24)6-11(2)22-15;1-10-5-12(13(21-10)7-17-3)23-24(16)19-8-15(9-20-24)14(18-4)6-11(2)22-15;1-9-5-12(18-4)13(21-9)8-20-24(16)19-6-11-10(2)22-14(7-17-3)15(11)23-24/h2*10-16H,5-9H2,1-4H3;2*10-14H,5-9H2,1-4H3;9-15H,5-8H2,1-4H3/t10-,11-,12+,13-,14-,15+,16+,25+;10-,11-,12-,13-,14-,15+,16+,25+;10-,11-,12-,13+,14-,15-,24?;10-,11-,12-,13+,14-,15?,24?;9-,10-,11-,12-,13+,14+,15-,24?/m00000/s1. The normalized spacial score (nSPS) is 48.5. The molecule has 2 unspecified atom stereocenters. The summed E-state index contributed by atoms with van der Waals surface area (Å²) < 4.78 is 260. The molecule has 15 rings (SSSR count). The van der Waals surface area contributed by atoms with Crippen molar-refractivity contribution in [1.29, 1.82) is 0 Å². The van der Waals surface area contributed by atoms with E-state index in [2.05, 4.69) is 0 Å². The molecule has 0 saturated carbocycles. The van der Waals surface area contributed by atoms with E-state index in [9.17, 15) is 22.8 Å². The molecular weight excluding hydrogens is 1720 g/mol. The maximum absolute atomic E-state index is 13.0. The zero-order chi connectivity index (χ0) is 88.1. The summed E-state index contributed by atoms with van der Waals surface area (Å²) in [6.07, 6.45) is 2.48. The highest BCUT2D eigenvalue weighted by Crippen LogP contribution is 2.63. The van der Waals surface area contributed by atoms with Crippen LogP contribution < -0.4 is 0 Å². The Bertz CT molecular complexity index is 3260. The smallest absolute Gasteiger partial charge is 0.382 e. The summed E-state index contributed by atoms with van der Waals surface area (Å²) in [6.45, 7) is 22.8. The SMILES string of the molecule is COC[C@H]1O[C@@H](C)C[C@@H]1OP1(=O)OCC2(CO1)O[C@@H](C)C[C@@H]2OC.COC[C@H]1O[C@@H](C)C[C@@H]1O[P@]1(=O)OCC[C@@H]([C@H]2O[C@@H](C)C[C@@H]2OC)O1.COC[C@H]1O[C@@H](C)C[C@@H]1O[P@]1(=O)OCC[C@H]([C@H]2O[C@@H](C)C[C@@H]2OC)O1.COC[C@H]1O[C@@H](C)[C@@H]2COP(=O)(OC[C@H]3O[C@@H](C)C[C@@H]3OC)O[C@@H]21.COC[C@]12COP(=O)(OC[C@H]3O[C@@H](C)C[C@@H]3OC)O[C@H]1C[C@H](C)O2. The molecule has 15 fully saturated rings. The van der Waals surface area contributed by atoms with Crippen LogP contribution in [0.3, 0.4) is 0 Å². The van der Waals surface area contributed by atoms with Gasteiger partial charge in [0.1, 0.15) is 103 Å². The Morgan fingerprint density at radius 2 is 0.705 bits per heavy atom. The third-order valence-electron chi connectivity index (χ3n) is 24.2. The fraction of sp³-hybridized carbons (Fsp3) is 1.00. The minimum absolute atomic E-state index is 0.00854. The van der Waals surface area contributed by atoms with E-state index in [0.29, 0.717) is 84.8 Å². The monoisotopic (exact) mass is 1860 g/mol. The Morgan fingerprint density at radius 1 is 0.320 bits per heavy atom. The topological polar surface area (TPSA) is 408 Å². The number of rotatable bonds is 29. The van der Waals surface area contributed by atoms with E-state index in [-0.39, 0.29) is 229 Å². The van der Waals surface area contributed by atoms with Gasteiger partial charge in [0.15, 0.2) is 0 Å². The molecule has 0 aromatic carbocycles. The summed E-state index contributed by atoms with van der Waals surface area (Å²) in [7, 11) is -2.17. The molecular formula is C77H139O40P5. The summed E-state index contributed by atoms with van der Waals surface area (Å²) in [5.41, 5.74) is -1.45. The van der Waals surface area contributed by atoms with E-state index in [1.807, 2.05) is 69.2 Å². The molecule has 15 heterocycles. The van der Waals surface area contributed by atoms with E-state index < -0.39 is 50.3 Å². The van der Waals surface area contributed by atoms with E-state index in [1.54, 1.807) is 71.1 Å². The van der Waals surface area contributed by atoms with Crippen molar-refractivity contribution in [2.24, 2.45) is 5.92 Å². The summed E-state index contributed by atoms with van der Waals surface area (Å²) in [5.74, 6) is 0.0188. The summed E-state index contributed by atoms with van der Waals surface area (Å²) in [6, 6.07) is 0. The molecule has 36 atom stereocenters. The number of methoxy groups -OCH3 is 10. The van der Waals surface area contributed by atoms with Crippen LogP contribution in [-0.4, -0.2) is 351 Å². The van der Waals surface area contributed by atoms with Crippen LogP contribution >= 0.6 is 39.1 Å². The van der Waals surface area contributed by atoms with Crippen LogP contribution in [0.1, 0.15) is 140 Å². The van der Waals surface area contributed by atoms with Crippen LogP contribution in [0.5, 0.6) is 0 Å². The van der Waals surface area contributed by atoms with Gasteiger partial charge in [0, 0.05) is 148 Å². The number of hydrogen-bond acceptors (Lipinski definition) is 40. The number of ether oxygens (including phenoxy) is 20. The molecule has 0 radical (unpaired) electrons. The third kappa shape index (κ3) is 26.6. The van der Waals surface area contributed by atoms with Crippen molar-refractivity contribution in [3.05, 3.63) is 0 Å². The van der Waals surface area contributed by atoms with Gasteiger partial charge in [-0.2, -0.15) is 0 Å². The Morgan fingerprint density at radius 3 is 1.13 bits per heavy atom. The van der Waals surface area contributed by atoms with E-state index >= 15 is 0 Å². The van der Waals surface area contributed by atoms with Crippen LogP contribution in [0.2, 0.25) is 0 Å². The summed E-state index contributed by atoms with van der Waals surface area (Å²) in [4.78, 5) is 0. The third-order valence-corrected chi connectivity index (χ3v) is 31.6. The Hall–Kier alpha value is -0.250. The molecule has 122 heavy (non-hydrogen) atoms. The van der Waals surface area contributed by atoms with E-state index in [0.717, 1.165) is 32.1 Å². The van der Waals surface area contributed by atoms with Gasteiger partial charge in [-0.05, 0) is 69.2 Å². The van der Waals surface area contributed by atoms with Crippen molar-refractivity contribution in [2.75, 3.05) is 157 Å². The second kappa shape index (κ2) is 46.1. The summed E-state index contributed by atoms with van der Waals surface area (Å²) >= 11 is 0. The highest BCUT2D eigenvalue weighted by Gasteiger charge is 2.60. The molecule has 40 nitrogen and oxygen atoms in total.